The molecule has 7 rings (SSSR count). The Kier molecular flexibility index (Phi) is 3.55. The summed E-state index contributed by atoms with van der Waals surface area (Å²) in [5, 5.41) is 5.07. The van der Waals surface area contributed by atoms with Crippen LogP contribution in [0.15, 0.2) is 116 Å². The summed E-state index contributed by atoms with van der Waals surface area (Å²) in [6.45, 7) is 0. The lowest BCUT2D eigenvalue weighted by atomic mass is 10.1. The van der Waals surface area contributed by atoms with Crippen molar-refractivity contribution in [2.24, 2.45) is 0 Å². The summed E-state index contributed by atoms with van der Waals surface area (Å²) in [5.41, 5.74) is 7.13. The van der Waals surface area contributed by atoms with Crippen LogP contribution < -0.4 is 0 Å². The highest BCUT2D eigenvalue weighted by molar-refractivity contribution is 6.19. The first-order chi connectivity index (χ1) is 15.9. The summed E-state index contributed by atoms with van der Waals surface area (Å²) in [6, 6.07) is 36.8. The Morgan fingerprint density at radius 3 is 1.50 bits per heavy atom. The van der Waals surface area contributed by atoms with Crippen LogP contribution in [0, 0.1) is 0 Å². The number of hydrogen-bond acceptors (Lipinski definition) is 1. The molecule has 0 spiro atoms. The monoisotopic (exact) mass is 409 g/mol. The molecule has 0 aliphatic carbocycles. The Bertz CT molecular complexity index is 1630. The molecule has 0 saturated carbocycles. The third-order valence-corrected chi connectivity index (χ3v) is 6.40. The SMILES string of the molecule is c1ccc(-n2c3ccccc3c3cc4c5ccccc5n(-c5ccncc5)c4cc32)cc1. The van der Waals surface area contributed by atoms with Crippen LogP contribution in [-0.4, -0.2) is 14.1 Å². The largest absolute Gasteiger partial charge is 0.309 e. The second-order valence-electron chi connectivity index (χ2n) is 8.13. The first kappa shape index (κ1) is 17.3. The predicted octanol–water partition coefficient (Wildman–Crippen LogP) is 7.28. The zero-order valence-corrected chi connectivity index (χ0v) is 17.3. The maximum absolute atomic E-state index is 4.23. The molecular formula is C29H19N3. The fourth-order valence-corrected chi connectivity index (χ4v) is 5.06. The molecule has 0 aliphatic rings. The highest BCUT2D eigenvalue weighted by atomic mass is 15.0. The van der Waals surface area contributed by atoms with Crippen LogP contribution in [0.4, 0.5) is 0 Å². The standard InChI is InChI=1S/C29H19N3/c1-2-8-20(9-3-1)31-26-12-6-4-10-22(26)24-18-25-23-11-5-7-13-27(23)32(29(25)19-28(24)31)21-14-16-30-17-15-21/h1-19H. The molecule has 0 radical (unpaired) electrons. The van der Waals surface area contributed by atoms with Gasteiger partial charge in [-0.25, -0.2) is 0 Å². The van der Waals surface area contributed by atoms with Gasteiger partial charge in [-0.3, -0.25) is 4.98 Å². The number of hydrogen-bond donors (Lipinski definition) is 0. The van der Waals surface area contributed by atoms with E-state index < -0.39 is 0 Å². The molecule has 0 unspecified atom stereocenters. The Morgan fingerprint density at radius 1 is 0.406 bits per heavy atom. The zero-order chi connectivity index (χ0) is 21.1. The van der Waals surface area contributed by atoms with Crippen LogP contribution in [-0.2, 0) is 0 Å². The molecule has 0 amide bonds. The Hall–Kier alpha value is -4.37. The van der Waals surface area contributed by atoms with Crippen molar-refractivity contribution in [1.29, 1.82) is 0 Å². The van der Waals surface area contributed by atoms with Crippen LogP contribution in [0.25, 0.3) is 55.0 Å². The van der Waals surface area contributed by atoms with Crippen molar-refractivity contribution in [3.8, 4) is 11.4 Å². The summed E-state index contributed by atoms with van der Waals surface area (Å²) in [6.07, 6.45) is 3.71. The lowest BCUT2D eigenvalue weighted by molar-refractivity contribution is 1.15. The van der Waals surface area contributed by atoms with Crippen molar-refractivity contribution >= 4 is 43.6 Å². The molecule has 0 aliphatic heterocycles. The third-order valence-electron chi connectivity index (χ3n) is 6.40. The van der Waals surface area contributed by atoms with Gasteiger partial charge in [-0.1, -0.05) is 54.6 Å². The first-order valence-electron chi connectivity index (χ1n) is 10.8. The van der Waals surface area contributed by atoms with Crippen molar-refractivity contribution in [2.45, 2.75) is 0 Å². The molecule has 0 bridgehead atoms. The molecular weight excluding hydrogens is 390 g/mol. The number of pyridine rings is 1. The van der Waals surface area contributed by atoms with Gasteiger partial charge in [0.2, 0.25) is 0 Å². The van der Waals surface area contributed by atoms with Crippen LogP contribution >= 0.6 is 0 Å². The van der Waals surface area contributed by atoms with E-state index in [-0.39, 0.29) is 0 Å². The molecule has 0 saturated heterocycles. The number of para-hydroxylation sites is 3. The molecule has 0 atom stereocenters. The lowest BCUT2D eigenvalue weighted by Gasteiger charge is -2.09. The van der Waals surface area contributed by atoms with Gasteiger partial charge in [0, 0.05) is 45.3 Å². The molecule has 3 nitrogen and oxygen atoms in total. The quantitative estimate of drug-likeness (QED) is 0.294. The van der Waals surface area contributed by atoms with E-state index >= 15 is 0 Å². The van der Waals surface area contributed by atoms with Crippen molar-refractivity contribution < 1.29 is 0 Å². The number of nitrogens with zero attached hydrogens (tertiary/aromatic N) is 3. The van der Waals surface area contributed by atoms with E-state index in [0.717, 1.165) is 5.69 Å². The molecule has 3 heteroatoms. The van der Waals surface area contributed by atoms with Crippen LogP contribution in [0.3, 0.4) is 0 Å². The van der Waals surface area contributed by atoms with Gasteiger partial charge < -0.3 is 9.13 Å². The highest BCUT2D eigenvalue weighted by Crippen LogP contribution is 2.39. The average Bonchev–Trinajstić information content (AvgIpc) is 3.36. The molecule has 32 heavy (non-hydrogen) atoms. The third kappa shape index (κ3) is 2.33. The minimum atomic E-state index is 1.12. The van der Waals surface area contributed by atoms with Gasteiger partial charge >= 0.3 is 0 Å². The topological polar surface area (TPSA) is 22.8 Å². The summed E-state index contributed by atoms with van der Waals surface area (Å²) in [7, 11) is 0. The first-order valence-corrected chi connectivity index (χ1v) is 10.8. The minimum Gasteiger partial charge on any atom is -0.309 e. The number of rotatable bonds is 2. The number of benzene rings is 4. The Morgan fingerprint density at radius 2 is 0.906 bits per heavy atom. The fraction of sp³-hybridized carbons (Fsp3) is 0. The average molecular weight is 409 g/mol. The van der Waals surface area contributed by atoms with Gasteiger partial charge in [-0.15, -0.1) is 0 Å². The molecule has 7 aromatic rings. The fourth-order valence-electron chi connectivity index (χ4n) is 5.06. The maximum Gasteiger partial charge on any atom is 0.0562 e. The molecule has 3 aromatic heterocycles. The Balaban J connectivity index is 1.71. The van der Waals surface area contributed by atoms with Crippen LogP contribution in [0.5, 0.6) is 0 Å². The van der Waals surface area contributed by atoms with E-state index in [4.69, 9.17) is 0 Å². The molecule has 0 fully saturated rings. The van der Waals surface area contributed by atoms with Gasteiger partial charge in [-0.05, 0) is 48.5 Å². The van der Waals surface area contributed by atoms with Crippen molar-refractivity contribution in [1.82, 2.24) is 14.1 Å². The van der Waals surface area contributed by atoms with Gasteiger partial charge in [0.05, 0.1) is 22.1 Å². The van der Waals surface area contributed by atoms with E-state index in [1.165, 1.54) is 49.3 Å². The van der Waals surface area contributed by atoms with E-state index in [2.05, 4.69) is 117 Å². The van der Waals surface area contributed by atoms with Crippen molar-refractivity contribution in [3.05, 3.63) is 116 Å². The van der Waals surface area contributed by atoms with Crippen molar-refractivity contribution in [2.75, 3.05) is 0 Å². The van der Waals surface area contributed by atoms with Crippen LogP contribution in [0.2, 0.25) is 0 Å². The van der Waals surface area contributed by atoms with E-state index in [9.17, 15) is 0 Å². The number of fused-ring (bicyclic) bond motifs is 6. The van der Waals surface area contributed by atoms with E-state index in [0.29, 0.717) is 0 Å². The lowest BCUT2D eigenvalue weighted by Crippen LogP contribution is -1.95. The van der Waals surface area contributed by atoms with Crippen LogP contribution in [0.1, 0.15) is 0 Å². The Labute approximate surface area is 184 Å². The normalized spacial score (nSPS) is 11.8. The highest BCUT2D eigenvalue weighted by Gasteiger charge is 2.17. The summed E-state index contributed by atoms with van der Waals surface area (Å²) in [4.78, 5) is 4.23. The molecule has 0 N–H and O–H groups in total. The number of aromatic nitrogens is 3. The molecule has 3 heterocycles. The molecule has 150 valence electrons. The second kappa shape index (κ2) is 6.56. The zero-order valence-electron chi connectivity index (χ0n) is 17.3. The maximum atomic E-state index is 4.23. The minimum absolute atomic E-state index is 1.12. The summed E-state index contributed by atoms with van der Waals surface area (Å²) < 4.78 is 4.72. The smallest absolute Gasteiger partial charge is 0.0562 e. The predicted molar refractivity (Wildman–Crippen MR) is 133 cm³/mol. The summed E-state index contributed by atoms with van der Waals surface area (Å²) >= 11 is 0. The van der Waals surface area contributed by atoms with Gasteiger partial charge in [-0.2, -0.15) is 0 Å². The summed E-state index contributed by atoms with van der Waals surface area (Å²) in [5.74, 6) is 0. The van der Waals surface area contributed by atoms with Gasteiger partial charge in [0.25, 0.3) is 0 Å². The molecule has 4 aromatic carbocycles. The second-order valence-corrected chi connectivity index (χ2v) is 8.13. The van der Waals surface area contributed by atoms with E-state index in [1.807, 2.05) is 12.4 Å². The van der Waals surface area contributed by atoms with Crippen molar-refractivity contribution in [3.63, 3.8) is 0 Å². The van der Waals surface area contributed by atoms with Gasteiger partial charge in [0.1, 0.15) is 0 Å². The van der Waals surface area contributed by atoms with Gasteiger partial charge in [0.15, 0.2) is 0 Å². The van der Waals surface area contributed by atoms with E-state index in [1.54, 1.807) is 0 Å².